The van der Waals surface area contributed by atoms with Gasteiger partial charge in [0.2, 0.25) is 0 Å². The summed E-state index contributed by atoms with van der Waals surface area (Å²) in [5.41, 5.74) is 3.64. The molecule has 1 saturated heterocycles. The third kappa shape index (κ3) is 2.72. The fourth-order valence-electron chi connectivity index (χ4n) is 2.96. The summed E-state index contributed by atoms with van der Waals surface area (Å²) in [4.78, 5) is 4.93. The minimum Gasteiger partial charge on any atom is -0.309 e. The molecule has 3 nitrogen and oxygen atoms in total. The Hall–Kier alpha value is -0.380. The minimum absolute atomic E-state index is 0.456. The zero-order valence-corrected chi connectivity index (χ0v) is 11.8. The molecular formula is C14H27N3. The van der Waals surface area contributed by atoms with E-state index in [1.807, 2.05) is 0 Å². The first kappa shape index (κ1) is 13.1. The highest BCUT2D eigenvalue weighted by atomic mass is 15.2. The zero-order chi connectivity index (χ0) is 12.5. The highest BCUT2D eigenvalue weighted by Gasteiger charge is 2.39. The normalized spacial score (nSPS) is 22.6. The summed E-state index contributed by atoms with van der Waals surface area (Å²) in [6.07, 6.45) is 4.12. The van der Waals surface area contributed by atoms with Crippen molar-refractivity contribution in [3.8, 4) is 0 Å². The van der Waals surface area contributed by atoms with Crippen molar-refractivity contribution in [3.05, 3.63) is 11.1 Å². The number of nitrogens with one attached hydrogen (secondary N) is 1. The number of nitrogens with zero attached hydrogens (tertiary/aromatic N) is 2. The maximum Gasteiger partial charge on any atom is 0.0330 e. The Bertz CT molecular complexity index is 297. The summed E-state index contributed by atoms with van der Waals surface area (Å²) in [6.45, 7) is 6.84. The van der Waals surface area contributed by atoms with Crippen LogP contribution in [0.25, 0.3) is 0 Å². The van der Waals surface area contributed by atoms with Gasteiger partial charge in [0, 0.05) is 31.7 Å². The summed E-state index contributed by atoms with van der Waals surface area (Å²) in [6, 6.07) is 0. The summed E-state index contributed by atoms with van der Waals surface area (Å²) in [5.74, 6) is 0. The van der Waals surface area contributed by atoms with Crippen molar-refractivity contribution in [2.24, 2.45) is 0 Å². The molecular weight excluding hydrogens is 210 g/mol. The van der Waals surface area contributed by atoms with Gasteiger partial charge in [-0.05, 0) is 52.9 Å². The molecule has 0 amide bonds. The van der Waals surface area contributed by atoms with E-state index in [0.717, 1.165) is 19.6 Å². The van der Waals surface area contributed by atoms with Crippen LogP contribution in [0.2, 0.25) is 0 Å². The van der Waals surface area contributed by atoms with Crippen LogP contribution in [0.15, 0.2) is 11.1 Å². The van der Waals surface area contributed by atoms with E-state index in [-0.39, 0.29) is 0 Å². The smallest absolute Gasteiger partial charge is 0.0330 e. The second-order valence-corrected chi connectivity index (χ2v) is 6.13. The van der Waals surface area contributed by atoms with E-state index < -0.39 is 0 Å². The lowest BCUT2D eigenvalue weighted by atomic mass is 9.75. The van der Waals surface area contributed by atoms with E-state index >= 15 is 0 Å². The van der Waals surface area contributed by atoms with E-state index in [1.54, 1.807) is 11.1 Å². The Kier molecular flexibility index (Phi) is 3.91. The van der Waals surface area contributed by atoms with Crippen molar-refractivity contribution in [2.45, 2.75) is 31.7 Å². The molecule has 98 valence electrons. The van der Waals surface area contributed by atoms with E-state index in [9.17, 15) is 0 Å². The molecule has 2 aliphatic rings. The molecule has 3 heteroatoms. The molecule has 17 heavy (non-hydrogen) atoms. The zero-order valence-electron chi connectivity index (χ0n) is 11.8. The number of rotatable bonds is 5. The fraction of sp³-hybridized carbons (Fsp3) is 0.857. The van der Waals surface area contributed by atoms with Crippen LogP contribution in [-0.2, 0) is 0 Å². The highest BCUT2D eigenvalue weighted by molar-refractivity contribution is 5.22. The monoisotopic (exact) mass is 237 g/mol. The van der Waals surface area contributed by atoms with Crippen molar-refractivity contribution >= 4 is 0 Å². The summed E-state index contributed by atoms with van der Waals surface area (Å²) < 4.78 is 0. The van der Waals surface area contributed by atoms with E-state index in [0.29, 0.717) is 5.54 Å². The van der Waals surface area contributed by atoms with Gasteiger partial charge < -0.3 is 15.1 Å². The van der Waals surface area contributed by atoms with Gasteiger partial charge in [0.15, 0.2) is 0 Å². The Morgan fingerprint density at radius 1 is 1.24 bits per heavy atom. The second-order valence-electron chi connectivity index (χ2n) is 6.13. The van der Waals surface area contributed by atoms with Crippen molar-refractivity contribution in [1.29, 1.82) is 0 Å². The fourth-order valence-corrected chi connectivity index (χ4v) is 2.96. The van der Waals surface area contributed by atoms with Gasteiger partial charge in [0.25, 0.3) is 0 Å². The lowest BCUT2D eigenvalue weighted by Crippen LogP contribution is -2.56. The van der Waals surface area contributed by atoms with E-state index in [4.69, 9.17) is 0 Å². The highest BCUT2D eigenvalue weighted by Crippen LogP contribution is 2.36. The summed E-state index contributed by atoms with van der Waals surface area (Å²) in [7, 11) is 6.72. The molecule has 0 aromatic rings. The van der Waals surface area contributed by atoms with Gasteiger partial charge in [-0.2, -0.15) is 0 Å². The molecule has 1 aliphatic carbocycles. The van der Waals surface area contributed by atoms with E-state index in [1.165, 1.54) is 25.8 Å². The Morgan fingerprint density at radius 2 is 1.88 bits per heavy atom. The molecule has 0 spiro atoms. The molecule has 0 radical (unpaired) electrons. The summed E-state index contributed by atoms with van der Waals surface area (Å²) in [5, 5.41) is 3.32. The molecule has 2 fully saturated rings. The van der Waals surface area contributed by atoms with Gasteiger partial charge in [-0.15, -0.1) is 0 Å². The minimum atomic E-state index is 0.456. The first-order valence-electron chi connectivity index (χ1n) is 6.78. The molecule has 1 aliphatic heterocycles. The number of likely N-dealkylation sites (N-methyl/N-ethyl adjacent to an activating group) is 2. The number of hydrogen-bond donors (Lipinski definition) is 1. The molecule has 2 rings (SSSR count). The van der Waals surface area contributed by atoms with Gasteiger partial charge in [-0.1, -0.05) is 5.57 Å². The Balaban J connectivity index is 1.86. The molecule has 0 atom stereocenters. The molecule has 0 aromatic heterocycles. The van der Waals surface area contributed by atoms with Crippen molar-refractivity contribution in [3.63, 3.8) is 0 Å². The first-order chi connectivity index (χ1) is 8.03. The van der Waals surface area contributed by atoms with Crippen LogP contribution in [-0.4, -0.2) is 62.7 Å². The molecule has 1 N–H and O–H groups in total. The topological polar surface area (TPSA) is 18.5 Å². The van der Waals surface area contributed by atoms with Crippen LogP contribution in [0.5, 0.6) is 0 Å². The largest absolute Gasteiger partial charge is 0.309 e. The predicted octanol–water partition coefficient (Wildman–Crippen LogP) is 1.32. The molecule has 1 saturated carbocycles. The van der Waals surface area contributed by atoms with Gasteiger partial charge in [-0.3, -0.25) is 0 Å². The third-order valence-corrected chi connectivity index (χ3v) is 4.58. The Morgan fingerprint density at radius 3 is 2.24 bits per heavy atom. The quantitative estimate of drug-likeness (QED) is 0.728. The SMILES string of the molecule is CC(CN(C)CC1(N(C)C)CCC1)=C1CNC1. The van der Waals surface area contributed by atoms with Gasteiger partial charge in [0.05, 0.1) is 0 Å². The van der Waals surface area contributed by atoms with Crippen LogP contribution in [0.3, 0.4) is 0 Å². The average Bonchev–Trinajstić information content (AvgIpc) is 2.07. The summed E-state index contributed by atoms with van der Waals surface area (Å²) >= 11 is 0. The van der Waals surface area contributed by atoms with Crippen molar-refractivity contribution in [2.75, 3.05) is 47.3 Å². The van der Waals surface area contributed by atoms with Crippen LogP contribution in [0, 0.1) is 0 Å². The number of hydrogen-bond acceptors (Lipinski definition) is 3. The second kappa shape index (κ2) is 5.09. The lowest BCUT2D eigenvalue weighted by Gasteiger charge is -2.49. The maximum absolute atomic E-state index is 3.32. The van der Waals surface area contributed by atoms with Crippen LogP contribution in [0.4, 0.5) is 0 Å². The van der Waals surface area contributed by atoms with Crippen molar-refractivity contribution < 1.29 is 0 Å². The molecule has 0 aromatic carbocycles. The van der Waals surface area contributed by atoms with Gasteiger partial charge in [-0.25, -0.2) is 0 Å². The lowest BCUT2D eigenvalue weighted by molar-refractivity contribution is 0.0301. The van der Waals surface area contributed by atoms with Crippen molar-refractivity contribution in [1.82, 2.24) is 15.1 Å². The molecule has 0 unspecified atom stereocenters. The van der Waals surface area contributed by atoms with Crippen LogP contribution >= 0.6 is 0 Å². The molecule has 1 heterocycles. The third-order valence-electron chi connectivity index (χ3n) is 4.58. The Labute approximate surface area is 106 Å². The standard InChI is InChI=1S/C14H27N3/c1-12(13-8-15-9-13)10-17(4)11-14(16(2)3)6-5-7-14/h15H,5-11H2,1-4H3. The predicted molar refractivity (Wildman–Crippen MR) is 73.3 cm³/mol. The van der Waals surface area contributed by atoms with E-state index in [2.05, 4.69) is 43.2 Å². The van der Waals surface area contributed by atoms with Crippen LogP contribution in [0.1, 0.15) is 26.2 Å². The molecule has 0 bridgehead atoms. The van der Waals surface area contributed by atoms with Crippen LogP contribution < -0.4 is 5.32 Å². The maximum atomic E-state index is 3.32. The van der Waals surface area contributed by atoms with Gasteiger partial charge >= 0.3 is 0 Å². The first-order valence-corrected chi connectivity index (χ1v) is 6.78. The van der Waals surface area contributed by atoms with Gasteiger partial charge in [0.1, 0.15) is 0 Å². The average molecular weight is 237 g/mol.